The Morgan fingerprint density at radius 3 is 2.57 bits per heavy atom. The Bertz CT molecular complexity index is 68.2. The summed E-state index contributed by atoms with van der Waals surface area (Å²) in [5, 5.41) is 0. The van der Waals surface area contributed by atoms with E-state index in [0.717, 1.165) is 6.42 Å². The van der Waals surface area contributed by atoms with Gasteiger partial charge in [0.05, 0.1) is 0 Å². The van der Waals surface area contributed by atoms with E-state index in [0.29, 0.717) is 0 Å². The molecule has 0 heterocycles. The van der Waals surface area contributed by atoms with E-state index in [-0.39, 0.29) is 0 Å². The van der Waals surface area contributed by atoms with Gasteiger partial charge < -0.3 is 0 Å². The number of thiocarbonyl (C=S) groups is 1. The Hall–Kier alpha value is 0.0900. The molecular weight excluding hydrogens is 104 g/mol. The van der Waals surface area contributed by atoms with Crippen LogP contribution in [0, 0.1) is 6.42 Å². The molecule has 1 saturated carbocycles. The first-order chi connectivity index (χ1) is 3.39. The third-order valence-electron chi connectivity index (χ3n) is 1.25. The van der Waals surface area contributed by atoms with Gasteiger partial charge in [0.1, 0.15) is 0 Å². The molecule has 0 saturated heterocycles. The van der Waals surface area contributed by atoms with E-state index in [9.17, 15) is 0 Å². The summed E-state index contributed by atoms with van der Waals surface area (Å²) >= 11 is 4.95. The summed E-state index contributed by atoms with van der Waals surface area (Å²) in [6, 6.07) is 0. The zero-order valence-electron chi connectivity index (χ0n) is 4.31. The molecule has 0 bridgehead atoms. The second-order valence-corrected chi connectivity index (χ2v) is 2.44. The fourth-order valence-corrected chi connectivity index (χ4v) is 1.07. The summed E-state index contributed by atoms with van der Waals surface area (Å²) in [5.41, 5.74) is 0. The fourth-order valence-electron chi connectivity index (χ4n) is 0.809. The third-order valence-corrected chi connectivity index (χ3v) is 1.62. The minimum absolute atomic E-state index is 1.16. The minimum Gasteiger partial charge on any atom is -0.0894 e. The first-order valence-electron chi connectivity index (χ1n) is 2.75. The van der Waals surface area contributed by atoms with Crippen molar-refractivity contribution in [2.75, 3.05) is 0 Å². The van der Waals surface area contributed by atoms with Gasteiger partial charge in [0.25, 0.3) is 0 Å². The maximum absolute atomic E-state index is 4.95. The van der Waals surface area contributed by atoms with Gasteiger partial charge in [0.15, 0.2) is 0 Å². The molecule has 7 heavy (non-hydrogen) atoms. The monoisotopic (exact) mass is 113 g/mol. The molecule has 1 aliphatic rings. The van der Waals surface area contributed by atoms with Crippen molar-refractivity contribution in [3.8, 4) is 0 Å². The lowest BCUT2D eigenvalue weighted by Crippen LogP contribution is -2.01. The highest BCUT2D eigenvalue weighted by Gasteiger charge is 2.02. The molecule has 0 N–H and O–H groups in total. The summed E-state index contributed by atoms with van der Waals surface area (Å²) in [6.45, 7) is 0. The van der Waals surface area contributed by atoms with E-state index in [2.05, 4.69) is 6.42 Å². The molecule has 0 aromatic carbocycles. The topological polar surface area (TPSA) is 0 Å². The highest BCUT2D eigenvalue weighted by molar-refractivity contribution is 7.80. The van der Waals surface area contributed by atoms with Crippen molar-refractivity contribution in [2.45, 2.75) is 25.7 Å². The highest BCUT2D eigenvalue weighted by atomic mass is 32.1. The molecule has 39 valence electrons. The standard InChI is InChI=1S/C6H9S/c7-6-4-2-1-3-5-6/h4H,1-3,5H2. The van der Waals surface area contributed by atoms with Crippen LogP contribution < -0.4 is 0 Å². The molecule has 0 aliphatic heterocycles. The molecule has 0 amide bonds. The maximum Gasteiger partial charge on any atom is -0.00243 e. The van der Waals surface area contributed by atoms with Crippen LogP contribution >= 0.6 is 12.2 Å². The molecule has 0 aromatic heterocycles. The predicted molar refractivity (Wildman–Crippen MR) is 35.4 cm³/mol. The molecule has 0 spiro atoms. The summed E-state index contributed by atoms with van der Waals surface area (Å²) in [6.07, 6.45) is 7.21. The van der Waals surface area contributed by atoms with Gasteiger partial charge in [-0.3, -0.25) is 0 Å². The van der Waals surface area contributed by atoms with Crippen LogP contribution in [0.4, 0.5) is 0 Å². The molecule has 0 unspecified atom stereocenters. The smallest absolute Gasteiger partial charge is 0.00243 e. The number of hydrogen-bond acceptors (Lipinski definition) is 1. The largest absolute Gasteiger partial charge is 0.0894 e. The molecule has 1 heteroatoms. The van der Waals surface area contributed by atoms with Crippen LogP contribution in [0.1, 0.15) is 25.7 Å². The lowest BCUT2D eigenvalue weighted by Gasteiger charge is -2.07. The quantitative estimate of drug-likeness (QED) is 0.434. The molecule has 0 atom stereocenters. The van der Waals surface area contributed by atoms with Crippen molar-refractivity contribution in [3.05, 3.63) is 6.42 Å². The molecule has 0 aromatic rings. The van der Waals surface area contributed by atoms with Crippen LogP contribution in [0.2, 0.25) is 0 Å². The summed E-state index contributed by atoms with van der Waals surface area (Å²) in [5.74, 6) is 0. The molecule has 1 aliphatic carbocycles. The van der Waals surface area contributed by atoms with Crippen molar-refractivity contribution in [3.63, 3.8) is 0 Å². The SMILES string of the molecule is S=C1[CH]CCCC1. The van der Waals surface area contributed by atoms with Crippen molar-refractivity contribution < 1.29 is 0 Å². The van der Waals surface area contributed by atoms with Crippen LogP contribution in [-0.4, -0.2) is 4.86 Å². The minimum atomic E-state index is 1.16. The second-order valence-electron chi connectivity index (χ2n) is 1.92. The van der Waals surface area contributed by atoms with Crippen LogP contribution in [0.25, 0.3) is 0 Å². The van der Waals surface area contributed by atoms with Crippen LogP contribution in [0.5, 0.6) is 0 Å². The second kappa shape index (κ2) is 2.41. The van der Waals surface area contributed by atoms with Gasteiger partial charge >= 0.3 is 0 Å². The van der Waals surface area contributed by atoms with Gasteiger partial charge in [-0.1, -0.05) is 18.6 Å². The zero-order valence-corrected chi connectivity index (χ0v) is 5.13. The predicted octanol–water partition coefficient (Wildman–Crippen LogP) is 2.13. The first-order valence-corrected chi connectivity index (χ1v) is 3.16. The lowest BCUT2D eigenvalue weighted by atomic mass is 10.0. The van der Waals surface area contributed by atoms with E-state index in [1.165, 1.54) is 24.1 Å². The van der Waals surface area contributed by atoms with Crippen molar-refractivity contribution in [1.29, 1.82) is 0 Å². The van der Waals surface area contributed by atoms with Crippen LogP contribution in [-0.2, 0) is 0 Å². The van der Waals surface area contributed by atoms with E-state index >= 15 is 0 Å². The molecule has 0 nitrogen and oxygen atoms in total. The van der Waals surface area contributed by atoms with Gasteiger partial charge in [0, 0.05) is 0 Å². The zero-order chi connectivity index (χ0) is 5.11. The molecule has 1 radical (unpaired) electrons. The van der Waals surface area contributed by atoms with Gasteiger partial charge in [-0.25, -0.2) is 0 Å². The van der Waals surface area contributed by atoms with E-state index in [1.54, 1.807) is 0 Å². The van der Waals surface area contributed by atoms with Gasteiger partial charge in [-0.15, -0.1) is 0 Å². The molecule has 1 rings (SSSR count). The van der Waals surface area contributed by atoms with Crippen molar-refractivity contribution >= 4 is 17.1 Å². The summed E-state index contributed by atoms with van der Waals surface area (Å²) in [4.78, 5) is 1.17. The Labute approximate surface area is 49.9 Å². The fraction of sp³-hybridized carbons (Fsp3) is 0.667. The Morgan fingerprint density at radius 2 is 2.29 bits per heavy atom. The lowest BCUT2D eigenvalue weighted by molar-refractivity contribution is 0.737. The van der Waals surface area contributed by atoms with E-state index in [1.807, 2.05) is 0 Å². The highest BCUT2D eigenvalue weighted by Crippen LogP contribution is 2.12. The van der Waals surface area contributed by atoms with Gasteiger partial charge in [0.2, 0.25) is 0 Å². The molecular formula is C6H9S. The Balaban J connectivity index is 2.25. The summed E-state index contributed by atoms with van der Waals surface area (Å²) in [7, 11) is 0. The summed E-state index contributed by atoms with van der Waals surface area (Å²) < 4.78 is 0. The van der Waals surface area contributed by atoms with Gasteiger partial charge in [-0.05, 0) is 30.5 Å². The maximum atomic E-state index is 4.95. The number of hydrogen-bond donors (Lipinski definition) is 0. The van der Waals surface area contributed by atoms with Crippen molar-refractivity contribution in [2.24, 2.45) is 0 Å². The number of rotatable bonds is 0. The Morgan fingerprint density at radius 1 is 1.43 bits per heavy atom. The van der Waals surface area contributed by atoms with Gasteiger partial charge in [-0.2, -0.15) is 0 Å². The Kier molecular flexibility index (Phi) is 1.80. The van der Waals surface area contributed by atoms with Crippen LogP contribution in [0.15, 0.2) is 0 Å². The third kappa shape index (κ3) is 1.56. The van der Waals surface area contributed by atoms with E-state index < -0.39 is 0 Å². The normalized spacial score (nSPS) is 22.6. The average molecular weight is 113 g/mol. The van der Waals surface area contributed by atoms with Crippen LogP contribution in [0.3, 0.4) is 0 Å². The molecule has 1 fully saturated rings. The first kappa shape index (κ1) is 5.23. The average Bonchev–Trinajstić information content (AvgIpc) is 1.69. The van der Waals surface area contributed by atoms with Crippen molar-refractivity contribution in [1.82, 2.24) is 0 Å². The van der Waals surface area contributed by atoms with E-state index in [4.69, 9.17) is 12.2 Å².